The van der Waals surface area contributed by atoms with Crippen molar-refractivity contribution in [2.75, 3.05) is 5.32 Å². The number of nitriles is 1. The lowest BCUT2D eigenvalue weighted by Gasteiger charge is -2.07. The number of hydrogen-bond acceptors (Lipinski definition) is 2. The molecular weight excluding hydrogens is 343 g/mol. The Labute approximate surface area is 142 Å². The highest BCUT2D eigenvalue weighted by Crippen LogP contribution is 2.26. The largest absolute Gasteiger partial charge is 0.320 e. The Balaban J connectivity index is 2.26. The van der Waals surface area contributed by atoms with Crippen molar-refractivity contribution in [3.63, 3.8) is 0 Å². The normalized spacial score (nSPS) is 10.9. The van der Waals surface area contributed by atoms with Crippen molar-refractivity contribution in [3.05, 3.63) is 68.7 Å². The van der Waals surface area contributed by atoms with Gasteiger partial charge in [0.05, 0.1) is 10.7 Å². The first-order valence-corrected chi connectivity index (χ1v) is 7.27. The Hall–Kier alpha value is -1.99. The molecule has 2 rings (SSSR count). The van der Waals surface area contributed by atoms with Gasteiger partial charge in [0.1, 0.15) is 11.6 Å². The van der Waals surface area contributed by atoms with E-state index >= 15 is 0 Å². The molecule has 0 aliphatic carbocycles. The Morgan fingerprint density at radius 3 is 2.50 bits per heavy atom. The van der Waals surface area contributed by atoms with Gasteiger partial charge in [-0.05, 0) is 42.0 Å². The molecule has 0 unspecified atom stereocenters. The average Bonchev–Trinajstić information content (AvgIpc) is 2.48. The molecule has 0 spiro atoms. The van der Waals surface area contributed by atoms with Gasteiger partial charge in [-0.25, -0.2) is 0 Å². The fourth-order valence-corrected chi connectivity index (χ4v) is 2.23. The van der Waals surface area contributed by atoms with E-state index in [1.807, 2.05) is 6.07 Å². The Bertz CT molecular complexity index is 794. The van der Waals surface area contributed by atoms with Gasteiger partial charge in [0.15, 0.2) is 0 Å². The third-order valence-electron chi connectivity index (χ3n) is 2.70. The summed E-state index contributed by atoms with van der Waals surface area (Å²) in [7, 11) is 0. The molecule has 0 saturated carbocycles. The highest BCUT2D eigenvalue weighted by atomic mass is 35.5. The van der Waals surface area contributed by atoms with Gasteiger partial charge >= 0.3 is 0 Å². The second kappa shape index (κ2) is 7.33. The molecule has 0 fully saturated rings. The first kappa shape index (κ1) is 16.4. The molecule has 22 heavy (non-hydrogen) atoms. The van der Waals surface area contributed by atoms with Crippen molar-refractivity contribution in [1.29, 1.82) is 5.26 Å². The maximum atomic E-state index is 12.2. The van der Waals surface area contributed by atoms with Gasteiger partial charge in [-0.2, -0.15) is 5.26 Å². The number of hydrogen-bond donors (Lipinski definition) is 1. The second-order valence-corrected chi connectivity index (χ2v) is 5.58. The molecule has 0 bridgehead atoms. The van der Waals surface area contributed by atoms with Crippen LogP contribution in [0.4, 0.5) is 5.69 Å². The van der Waals surface area contributed by atoms with Crippen LogP contribution in [0.25, 0.3) is 6.08 Å². The van der Waals surface area contributed by atoms with Gasteiger partial charge in [-0.1, -0.05) is 46.9 Å². The Morgan fingerprint density at radius 2 is 1.82 bits per heavy atom. The number of anilines is 1. The molecule has 2 aromatic rings. The maximum Gasteiger partial charge on any atom is 0.266 e. The number of amides is 1. The summed E-state index contributed by atoms with van der Waals surface area (Å²) in [6.45, 7) is 0. The molecule has 0 aromatic heterocycles. The zero-order chi connectivity index (χ0) is 16.1. The van der Waals surface area contributed by atoms with Crippen LogP contribution >= 0.6 is 34.8 Å². The first-order chi connectivity index (χ1) is 10.5. The molecule has 0 radical (unpaired) electrons. The first-order valence-electron chi connectivity index (χ1n) is 6.13. The van der Waals surface area contributed by atoms with Gasteiger partial charge in [0.2, 0.25) is 0 Å². The van der Waals surface area contributed by atoms with Crippen LogP contribution in [-0.2, 0) is 4.79 Å². The van der Waals surface area contributed by atoms with Crippen LogP contribution in [0.1, 0.15) is 5.56 Å². The smallest absolute Gasteiger partial charge is 0.266 e. The monoisotopic (exact) mass is 350 g/mol. The predicted octanol–water partition coefficient (Wildman–Crippen LogP) is 5.19. The Morgan fingerprint density at radius 1 is 1.09 bits per heavy atom. The van der Waals surface area contributed by atoms with Crippen LogP contribution in [-0.4, -0.2) is 5.91 Å². The lowest BCUT2D eigenvalue weighted by molar-refractivity contribution is -0.112. The van der Waals surface area contributed by atoms with Gasteiger partial charge in [-0.15, -0.1) is 0 Å². The summed E-state index contributed by atoms with van der Waals surface area (Å²) in [4.78, 5) is 12.2. The van der Waals surface area contributed by atoms with E-state index < -0.39 is 5.91 Å². The molecule has 3 nitrogen and oxygen atoms in total. The van der Waals surface area contributed by atoms with E-state index in [9.17, 15) is 4.79 Å². The molecule has 1 amide bonds. The van der Waals surface area contributed by atoms with E-state index in [0.29, 0.717) is 26.3 Å². The summed E-state index contributed by atoms with van der Waals surface area (Å²) in [5.41, 5.74) is 0.918. The fraction of sp³-hybridized carbons (Fsp3) is 0. The molecule has 2 aromatic carbocycles. The summed E-state index contributed by atoms with van der Waals surface area (Å²) in [6.07, 6.45) is 1.44. The second-order valence-electron chi connectivity index (χ2n) is 4.30. The number of benzene rings is 2. The third-order valence-corrected chi connectivity index (χ3v) is 3.50. The van der Waals surface area contributed by atoms with Crippen LogP contribution in [0, 0.1) is 11.3 Å². The average molecular weight is 352 g/mol. The van der Waals surface area contributed by atoms with Gasteiger partial charge in [0.25, 0.3) is 5.91 Å². The molecule has 110 valence electrons. The van der Waals surface area contributed by atoms with Crippen LogP contribution in [0.5, 0.6) is 0 Å². The van der Waals surface area contributed by atoms with Crippen LogP contribution < -0.4 is 5.32 Å². The highest BCUT2D eigenvalue weighted by molar-refractivity contribution is 6.36. The van der Waals surface area contributed by atoms with Crippen LogP contribution in [0.15, 0.2) is 48.0 Å². The molecule has 0 saturated heterocycles. The molecule has 1 N–H and O–H groups in total. The number of rotatable bonds is 3. The van der Waals surface area contributed by atoms with E-state index in [2.05, 4.69) is 5.32 Å². The van der Waals surface area contributed by atoms with E-state index in [4.69, 9.17) is 40.1 Å². The molecule has 0 aliphatic rings. The lowest BCUT2D eigenvalue weighted by Crippen LogP contribution is -2.13. The molecule has 0 atom stereocenters. The van der Waals surface area contributed by atoms with Gasteiger partial charge < -0.3 is 5.32 Å². The van der Waals surface area contributed by atoms with Crippen LogP contribution in [0.3, 0.4) is 0 Å². The lowest BCUT2D eigenvalue weighted by atomic mass is 10.1. The van der Waals surface area contributed by atoms with Crippen molar-refractivity contribution >= 4 is 52.5 Å². The zero-order valence-corrected chi connectivity index (χ0v) is 13.4. The standard InChI is InChI=1S/C16H9Cl3N2O/c17-12-3-1-2-10(7-12)6-11(9-20)16(22)21-15-8-13(18)4-5-14(15)19/h1-8H,(H,21,22)/b11-6+. The minimum atomic E-state index is -0.577. The summed E-state index contributed by atoms with van der Waals surface area (Å²) in [5, 5.41) is 13.0. The van der Waals surface area contributed by atoms with Crippen molar-refractivity contribution in [1.82, 2.24) is 0 Å². The molecule has 0 heterocycles. The fourth-order valence-electron chi connectivity index (χ4n) is 1.69. The van der Waals surface area contributed by atoms with E-state index in [1.165, 1.54) is 12.1 Å². The SMILES string of the molecule is N#C/C(=C\c1cccc(Cl)c1)C(=O)Nc1cc(Cl)ccc1Cl. The molecule has 0 aliphatic heterocycles. The topological polar surface area (TPSA) is 52.9 Å². The zero-order valence-electron chi connectivity index (χ0n) is 11.1. The van der Waals surface area contributed by atoms with E-state index in [-0.39, 0.29) is 5.57 Å². The summed E-state index contributed by atoms with van der Waals surface area (Å²) < 4.78 is 0. The van der Waals surface area contributed by atoms with Crippen LogP contribution in [0.2, 0.25) is 15.1 Å². The predicted molar refractivity (Wildman–Crippen MR) is 90.1 cm³/mol. The number of carbonyl (C=O) groups is 1. The van der Waals surface area contributed by atoms with Crippen molar-refractivity contribution in [3.8, 4) is 6.07 Å². The van der Waals surface area contributed by atoms with Crippen molar-refractivity contribution in [2.24, 2.45) is 0 Å². The quantitative estimate of drug-likeness (QED) is 0.611. The minimum absolute atomic E-state index is 0.0710. The van der Waals surface area contributed by atoms with Crippen molar-refractivity contribution in [2.45, 2.75) is 0 Å². The maximum absolute atomic E-state index is 12.2. The minimum Gasteiger partial charge on any atom is -0.320 e. The van der Waals surface area contributed by atoms with E-state index in [0.717, 1.165) is 0 Å². The van der Waals surface area contributed by atoms with E-state index in [1.54, 1.807) is 36.4 Å². The number of carbonyl (C=O) groups excluding carboxylic acids is 1. The van der Waals surface area contributed by atoms with Gasteiger partial charge in [0, 0.05) is 10.0 Å². The van der Waals surface area contributed by atoms with Gasteiger partial charge in [-0.3, -0.25) is 4.79 Å². The Kier molecular flexibility index (Phi) is 5.46. The highest BCUT2D eigenvalue weighted by Gasteiger charge is 2.12. The number of halogens is 3. The summed E-state index contributed by atoms with van der Waals surface area (Å²) >= 11 is 17.7. The molecular formula is C16H9Cl3N2O. The summed E-state index contributed by atoms with van der Waals surface area (Å²) in [6, 6.07) is 13.4. The van der Waals surface area contributed by atoms with Crippen molar-refractivity contribution < 1.29 is 4.79 Å². The number of nitrogens with zero attached hydrogens (tertiary/aromatic N) is 1. The molecule has 6 heteroatoms. The number of nitrogens with one attached hydrogen (secondary N) is 1. The summed E-state index contributed by atoms with van der Waals surface area (Å²) in [5.74, 6) is -0.577. The third kappa shape index (κ3) is 4.25.